The van der Waals surface area contributed by atoms with Gasteiger partial charge in [0.15, 0.2) is 0 Å². The Kier molecular flexibility index (Phi) is 6.53. The number of aryl methyl sites for hydroxylation is 2. The maximum atomic E-state index is 3.60. The summed E-state index contributed by atoms with van der Waals surface area (Å²) < 4.78 is 0. The minimum Gasteiger partial charge on any atom is -0.320 e. The molecular formula is C17H30N2. The Labute approximate surface area is 119 Å². The van der Waals surface area contributed by atoms with E-state index in [1.54, 1.807) is 0 Å². The van der Waals surface area contributed by atoms with Crippen molar-refractivity contribution < 1.29 is 0 Å². The maximum absolute atomic E-state index is 3.60. The van der Waals surface area contributed by atoms with Crippen LogP contribution in [0, 0.1) is 13.8 Å². The van der Waals surface area contributed by atoms with Crippen molar-refractivity contribution in [2.45, 2.75) is 46.0 Å². The SMILES string of the molecule is CNCCCCNCC(C)(C)c1ccc(C)cc1C. The van der Waals surface area contributed by atoms with Crippen LogP contribution in [-0.2, 0) is 5.41 Å². The molecule has 0 unspecified atom stereocenters. The molecular weight excluding hydrogens is 232 g/mol. The van der Waals surface area contributed by atoms with Gasteiger partial charge in [0, 0.05) is 12.0 Å². The van der Waals surface area contributed by atoms with Gasteiger partial charge in [-0.05, 0) is 58.0 Å². The quantitative estimate of drug-likeness (QED) is 0.703. The van der Waals surface area contributed by atoms with E-state index in [-0.39, 0.29) is 5.41 Å². The molecule has 0 radical (unpaired) electrons. The molecule has 0 saturated heterocycles. The molecule has 0 fully saturated rings. The van der Waals surface area contributed by atoms with Gasteiger partial charge in [-0.3, -0.25) is 0 Å². The third-order valence-corrected chi connectivity index (χ3v) is 3.71. The van der Waals surface area contributed by atoms with Gasteiger partial charge in [-0.25, -0.2) is 0 Å². The smallest absolute Gasteiger partial charge is 0.00432 e. The van der Waals surface area contributed by atoms with Crippen LogP contribution in [0.25, 0.3) is 0 Å². The molecule has 19 heavy (non-hydrogen) atoms. The first-order valence-corrected chi connectivity index (χ1v) is 7.40. The van der Waals surface area contributed by atoms with Crippen molar-refractivity contribution in [2.24, 2.45) is 0 Å². The number of hydrogen-bond acceptors (Lipinski definition) is 2. The van der Waals surface area contributed by atoms with E-state index >= 15 is 0 Å². The molecule has 0 saturated carbocycles. The zero-order valence-corrected chi connectivity index (χ0v) is 13.3. The molecule has 2 nitrogen and oxygen atoms in total. The lowest BCUT2D eigenvalue weighted by molar-refractivity contribution is 0.460. The van der Waals surface area contributed by atoms with Crippen molar-refractivity contribution in [3.8, 4) is 0 Å². The summed E-state index contributed by atoms with van der Waals surface area (Å²) in [6.07, 6.45) is 2.48. The molecule has 0 spiro atoms. The van der Waals surface area contributed by atoms with E-state index in [1.165, 1.54) is 29.5 Å². The highest BCUT2D eigenvalue weighted by Crippen LogP contribution is 2.26. The van der Waals surface area contributed by atoms with E-state index in [9.17, 15) is 0 Å². The van der Waals surface area contributed by atoms with Gasteiger partial charge in [0.2, 0.25) is 0 Å². The van der Waals surface area contributed by atoms with Crippen LogP contribution >= 0.6 is 0 Å². The van der Waals surface area contributed by atoms with Crippen LogP contribution in [0.4, 0.5) is 0 Å². The van der Waals surface area contributed by atoms with Gasteiger partial charge in [-0.15, -0.1) is 0 Å². The minimum absolute atomic E-state index is 0.195. The number of unbranched alkanes of at least 4 members (excludes halogenated alkanes) is 1. The highest BCUT2D eigenvalue weighted by Gasteiger charge is 2.21. The van der Waals surface area contributed by atoms with Crippen molar-refractivity contribution in [3.63, 3.8) is 0 Å². The fourth-order valence-electron chi connectivity index (χ4n) is 2.62. The molecule has 0 aromatic heterocycles. The van der Waals surface area contributed by atoms with Gasteiger partial charge >= 0.3 is 0 Å². The molecule has 1 rings (SSSR count). The lowest BCUT2D eigenvalue weighted by atomic mass is 9.81. The standard InChI is InChI=1S/C17H30N2/c1-14-8-9-16(15(2)12-14)17(3,4)13-19-11-7-6-10-18-5/h8-9,12,18-19H,6-7,10-11,13H2,1-5H3. The summed E-state index contributed by atoms with van der Waals surface area (Å²) in [5.41, 5.74) is 4.40. The molecule has 0 aliphatic heterocycles. The molecule has 1 aromatic carbocycles. The second kappa shape index (κ2) is 7.66. The first-order chi connectivity index (χ1) is 8.97. The van der Waals surface area contributed by atoms with E-state index in [0.29, 0.717) is 0 Å². The monoisotopic (exact) mass is 262 g/mol. The summed E-state index contributed by atoms with van der Waals surface area (Å²) in [4.78, 5) is 0. The van der Waals surface area contributed by atoms with E-state index in [0.717, 1.165) is 19.6 Å². The molecule has 0 amide bonds. The minimum atomic E-state index is 0.195. The van der Waals surface area contributed by atoms with Crippen LogP contribution in [0.1, 0.15) is 43.4 Å². The Morgan fingerprint density at radius 1 is 1.05 bits per heavy atom. The maximum Gasteiger partial charge on any atom is 0.00432 e. The summed E-state index contributed by atoms with van der Waals surface area (Å²) in [6.45, 7) is 12.3. The van der Waals surface area contributed by atoms with Crippen molar-refractivity contribution in [1.29, 1.82) is 0 Å². The summed E-state index contributed by atoms with van der Waals surface area (Å²) in [5, 5.41) is 6.78. The van der Waals surface area contributed by atoms with E-state index in [4.69, 9.17) is 0 Å². The second-order valence-electron chi connectivity index (χ2n) is 6.19. The Bertz CT molecular complexity index is 383. The zero-order chi connectivity index (χ0) is 14.3. The molecule has 2 N–H and O–H groups in total. The molecule has 0 atom stereocenters. The summed E-state index contributed by atoms with van der Waals surface area (Å²) >= 11 is 0. The van der Waals surface area contributed by atoms with Gasteiger partial charge in [0.25, 0.3) is 0 Å². The summed E-state index contributed by atoms with van der Waals surface area (Å²) in [5.74, 6) is 0. The van der Waals surface area contributed by atoms with Crippen LogP contribution in [0.15, 0.2) is 18.2 Å². The first-order valence-electron chi connectivity index (χ1n) is 7.40. The summed E-state index contributed by atoms with van der Waals surface area (Å²) in [7, 11) is 2.01. The second-order valence-corrected chi connectivity index (χ2v) is 6.19. The molecule has 0 aliphatic rings. The van der Waals surface area contributed by atoms with Gasteiger partial charge in [0.1, 0.15) is 0 Å². The van der Waals surface area contributed by atoms with Gasteiger partial charge < -0.3 is 10.6 Å². The number of hydrogen-bond donors (Lipinski definition) is 2. The Balaban J connectivity index is 2.46. The average Bonchev–Trinajstić information content (AvgIpc) is 2.33. The molecule has 2 heteroatoms. The van der Waals surface area contributed by atoms with Crippen LogP contribution in [0.3, 0.4) is 0 Å². The van der Waals surface area contributed by atoms with Crippen molar-refractivity contribution in [1.82, 2.24) is 10.6 Å². The molecule has 0 heterocycles. The Hall–Kier alpha value is -0.860. The lowest BCUT2D eigenvalue weighted by Crippen LogP contribution is -2.34. The van der Waals surface area contributed by atoms with Gasteiger partial charge in [-0.1, -0.05) is 37.6 Å². The van der Waals surface area contributed by atoms with Crippen LogP contribution in [-0.4, -0.2) is 26.7 Å². The Morgan fingerprint density at radius 3 is 2.37 bits per heavy atom. The lowest BCUT2D eigenvalue weighted by Gasteiger charge is -2.28. The number of nitrogens with one attached hydrogen (secondary N) is 2. The van der Waals surface area contributed by atoms with Crippen LogP contribution in [0.2, 0.25) is 0 Å². The normalized spacial score (nSPS) is 11.8. The topological polar surface area (TPSA) is 24.1 Å². The van der Waals surface area contributed by atoms with E-state index in [1.807, 2.05) is 7.05 Å². The number of benzene rings is 1. The number of rotatable bonds is 8. The third kappa shape index (κ3) is 5.33. The fourth-order valence-corrected chi connectivity index (χ4v) is 2.62. The van der Waals surface area contributed by atoms with Crippen molar-refractivity contribution >= 4 is 0 Å². The van der Waals surface area contributed by atoms with E-state index < -0.39 is 0 Å². The van der Waals surface area contributed by atoms with Crippen molar-refractivity contribution in [3.05, 3.63) is 34.9 Å². The van der Waals surface area contributed by atoms with Crippen LogP contribution < -0.4 is 10.6 Å². The van der Waals surface area contributed by atoms with Gasteiger partial charge in [0.05, 0.1) is 0 Å². The fraction of sp³-hybridized carbons (Fsp3) is 0.647. The highest BCUT2D eigenvalue weighted by atomic mass is 14.9. The third-order valence-electron chi connectivity index (χ3n) is 3.71. The average molecular weight is 262 g/mol. The van der Waals surface area contributed by atoms with E-state index in [2.05, 4.69) is 56.5 Å². The molecule has 108 valence electrons. The molecule has 1 aromatic rings. The Morgan fingerprint density at radius 2 is 1.74 bits per heavy atom. The van der Waals surface area contributed by atoms with Crippen LogP contribution in [0.5, 0.6) is 0 Å². The predicted octanol–water partition coefficient (Wildman–Crippen LogP) is 3.17. The first kappa shape index (κ1) is 16.2. The summed E-state index contributed by atoms with van der Waals surface area (Å²) in [6, 6.07) is 6.79. The van der Waals surface area contributed by atoms with Crippen molar-refractivity contribution in [2.75, 3.05) is 26.7 Å². The largest absolute Gasteiger partial charge is 0.320 e. The molecule has 0 bridgehead atoms. The van der Waals surface area contributed by atoms with Gasteiger partial charge in [-0.2, -0.15) is 0 Å². The predicted molar refractivity (Wildman–Crippen MR) is 85.0 cm³/mol. The zero-order valence-electron chi connectivity index (χ0n) is 13.3. The highest BCUT2D eigenvalue weighted by molar-refractivity contribution is 5.35. The molecule has 0 aliphatic carbocycles.